The minimum absolute atomic E-state index is 0.0291. The summed E-state index contributed by atoms with van der Waals surface area (Å²) in [5.41, 5.74) is -0.478. The largest absolute Gasteiger partial charge is 0.478 e. The molecule has 1 heterocycles. The predicted octanol–water partition coefficient (Wildman–Crippen LogP) is 2.32. The Kier molecular flexibility index (Phi) is 3.21. The first kappa shape index (κ1) is 13.1. The van der Waals surface area contributed by atoms with Crippen molar-refractivity contribution in [1.29, 1.82) is 0 Å². The van der Waals surface area contributed by atoms with Crippen LogP contribution in [-0.4, -0.2) is 16.1 Å². The van der Waals surface area contributed by atoms with Gasteiger partial charge in [-0.1, -0.05) is 0 Å². The van der Waals surface area contributed by atoms with Crippen LogP contribution >= 0.6 is 0 Å². The lowest BCUT2D eigenvalue weighted by molar-refractivity contribution is -0.138. The zero-order chi connectivity index (χ0) is 13.4. The van der Waals surface area contributed by atoms with E-state index in [0.717, 1.165) is 0 Å². The molecular weight excluding hydrogens is 251 g/mol. The van der Waals surface area contributed by atoms with Crippen LogP contribution in [0, 0.1) is 0 Å². The highest BCUT2D eigenvalue weighted by Gasteiger charge is 2.38. The molecule has 0 unspecified atom stereocenters. The van der Waals surface area contributed by atoms with E-state index in [-0.39, 0.29) is 6.20 Å². The number of anilines is 1. The van der Waals surface area contributed by atoms with Crippen molar-refractivity contribution in [2.45, 2.75) is 12.6 Å². The molecule has 0 amide bonds. The number of aromatic carboxylic acids is 1. The molecule has 0 fully saturated rings. The summed E-state index contributed by atoms with van der Waals surface area (Å²) < 4.78 is 61.7. The lowest BCUT2D eigenvalue weighted by Gasteiger charge is -2.13. The molecular formula is C8H5F5N2O2. The van der Waals surface area contributed by atoms with E-state index < -0.39 is 41.1 Å². The maximum absolute atomic E-state index is 12.4. The van der Waals surface area contributed by atoms with Crippen LogP contribution in [0.1, 0.15) is 28.0 Å². The van der Waals surface area contributed by atoms with Crippen LogP contribution in [0.5, 0.6) is 0 Å². The quantitative estimate of drug-likeness (QED) is 0.796. The van der Waals surface area contributed by atoms with E-state index in [1.807, 2.05) is 0 Å². The Morgan fingerprint density at radius 3 is 2.29 bits per heavy atom. The molecule has 9 heteroatoms. The van der Waals surface area contributed by atoms with Gasteiger partial charge in [0.15, 0.2) is 0 Å². The highest BCUT2D eigenvalue weighted by atomic mass is 19.4. The van der Waals surface area contributed by atoms with E-state index in [0.29, 0.717) is 0 Å². The first-order chi connectivity index (χ1) is 7.66. The lowest BCUT2D eigenvalue weighted by Crippen LogP contribution is -2.17. The summed E-state index contributed by atoms with van der Waals surface area (Å²) in [5, 5.41) is 8.56. The maximum atomic E-state index is 12.4. The minimum Gasteiger partial charge on any atom is -0.478 e. The third-order valence-electron chi connectivity index (χ3n) is 1.87. The van der Waals surface area contributed by atoms with Crippen molar-refractivity contribution in [3.63, 3.8) is 0 Å². The molecule has 4 nitrogen and oxygen atoms in total. The van der Waals surface area contributed by atoms with E-state index in [9.17, 15) is 26.7 Å². The van der Waals surface area contributed by atoms with E-state index >= 15 is 0 Å². The van der Waals surface area contributed by atoms with Gasteiger partial charge in [0.2, 0.25) is 0 Å². The number of aromatic nitrogens is 1. The Morgan fingerprint density at radius 2 is 1.94 bits per heavy atom. The van der Waals surface area contributed by atoms with Crippen molar-refractivity contribution in [1.82, 2.24) is 4.98 Å². The van der Waals surface area contributed by atoms with Gasteiger partial charge >= 0.3 is 12.1 Å². The Balaban J connectivity index is 3.57. The number of hydrogen-bond donors (Lipinski definition) is 2. The first-order valence-electron chi connectivity index (χ1n) is 4.03. The fraction of sp³-hybridized carbons (Fsp3) is 0.250. The molecule has 1 aromatic heterocycles. The molecule has 0 saturated carbocycles. The summed E-state index contributed by atoms with van der Waals surface area (Å²) in [6.07, 6.45) is -8.26. The summed E-state index contributed by atoms with van der Waals surface area (Å²) in [6.45, 7) is 0. The van der Waals surface area contributed by atoms with Gasteiger partial charge < -0.3 is 10.8 Å². The second-order valence-electron chi connectivity index (χ2n) is 2.95. The van der Waals surface area contributed by atoms with E-state index in [1.54, 1.807) is 0 Å². The number of carboxylic acids is 1. The zero-order valence-corrected chi connectivity index (χ0v) is 7.92. The molecule has 3 N–H and O–H groups in total. The molecule has 0 aliphatic carbocycles. The number of rotatable bonds is 2. The smallest absolute Gasteiger partial charge is 0.418 e. The van der Waals surface area contributed by atoms with Crippen molar-refractivity contribution < 1.29 is 31.9 Å². The SMILES string of the molecule is Nc1c(C(F)F)ncc(C(F)(F)F)c1C(=O)O. The molecule has 94 valence electrons. The molecule has 0 bridgehead atoms. The second kappa shape index (κ2) is 4.15. The monoisotopic (exact) mass is 256 g/mol. The van der Waals surface area contributed by atoms with Crippen molar-refractivity contribution in [3.05, 3.63) is 23.0 Å². The molecule has 0 radical (unpaired) electrons. The van der Waals surface area contributed by atoms with Crippen molar-refractivity contribution in [3.8, 4) is 0 Å². The average Bonchev–Trinajstić information content (AvgIpc) is 2.14. The number of hydrogen-bond acceptors (Lipinski definition) is 3. The highest BCUT2D eigenvalue weighted by Crippen LogP contribution is 2.36. The predicted molar refractivity (Wildman–Crippen MR) is 45.6 cm³/mol. The van der Waals surface area contributed by atoms with Gasteiger partial charge in [-0.05, 0) is 0 Å². The Bertz CT molecular complexity index is 458. The molecule has 0 atom stereocenters. The highest BCUT2D eigenvalue weighted by molar-refractivity contribution is 5.96. The van der Waals surface area contributed by atoms with Crippen LogP contribution in [0.4, 0.5) is 27.6 Å². The van der Waals surface area contributed by atoms with Crippen LogP contribution in [-0.2, 0) is 6.18 Å². The van der Waals surface area contributed by atoms with Gasteiger partial charge in [0.25, 0.3) is 6.43 Å². The Morgan fingerprint density at radius 1 is 1.41 bits per heavy atom. The summed E-state index contributed by atoms with van der Waals surface area (Å²) in [7, 11) is 0. The van der Waals surface area contributed by atoms with Gasteiger partial charge in [0, 0.05) is 6.20 Å². The number of pyridine rings is 1. The van der Waals surface area contributed by atoms with E-state index in [1.165, 1.54) is 0 Å². The van der Waals surface area contributed by atoms with Gasteiger partial charge in [0.1, 0.15) is 5.69 Å². The molecule has 17 heavy (non-hydrogen) atoms. The maximum Gasteiger partial charge on any atom is 0.418 e. The summed E-state index contributed by atoms with van der Waals surface area (Å²) in [4.78, 5) is 13.4. The second-order valence-corrected chi connectivity index (χ2v) is 2.95. The van der Waals surface area contributed by atoms with Crippen molar-refractivity contribution in [2.75, 3.05) is 5.73 Å². The van der Waals surface area contributed by atoms with Crippen molar-refractivity contribution in [2.24, 2.45) is 0 Å². The van der Waals surface area contributed by atoms with Gasteiger partial charge in [0.05, 0.1) is 16.8 Å². The number of halogens is 5. The summed E-state index contributed by atoms with van der Waals surface area (Å²) >= 11 is 0. The van der Waals surface area contributed by atoms with Crippen LogP contribution in [0.15, 0.2) is 6.20 Å². The fourth-order valence-electron chi connectivity index (χ4n) is 1.16. The third kappa shape index (κ3) is 2.43. The fourth-order valence-corrected chi connectivity index (χ4v) is 1.16. The number of alkyl halides is 5. The van der Waals surface area contributed by atoms with Crippen LogP contribution in [0.25, 0.3) is 0 Å². The van der Waals surface area contributed by atoms with E-state index in [2.05, 4.69) is 4.98 Å². The normalized spacial score (nSPS) is 11.9. The zero-order valence-electron chi connectivity index (χ0n) is 7.92. The van der Waals surface area contributed by atoms with Gasteiger partial charge in [-0.25, -0.2) is 13.6 Å². The molecule has 1 rings (SSSR count). The Labute approximate surface area is 90.9 Å². The molecule has 1 aromatic rings. The molecule has 0 aliphatic heterocycles. The van der Waals surface area contributed by atoms with E-state index in [4.69, 9.17) is 10.8 Å². The number of carboxylic acid groups (broad SMARTS) is 1. The van der Waals surface area contributed by atoms with Crippen LogP contribution < -0.4 is 5.73 Å². The standard InChI is InChI=1S/C8H5F5N2O2/c9-6(10)5-4(14)3(7(16)17)2(1-15-5)8(11,12)13/h1,6H,14H2,(H,16,17). The third-order valence-corrected chi connectivity index (χ3v) is 1.87. The number of nitrogen functional groups attached to an aromatic ring is 1. The number of carbonyl (C=O) groups is 1. The van der Waals surface area contributed by atoms with Crippen LogP contribution in [0.2, 0.25) is 0 Å². The lowest BCUT2D eigenvalue weighted by atomic mass is 10.1. The van der Waals surface area contributed by atoms with Gasteiger partial charge in [-0.15, -0.1) is 0 Å². The first-order valence-corrected chi connectivity index (χ1v) is 4.03. The van der Waals surface area contributed by atoms with Gasteiger partial charge in [-0.3, -0.25) is 4.98 Å². The number of nitrogens with zero attached hydrogens (tertiary/aromatic N) is 1. The topological polar surface area (TPSA) is 76.2 Å². The molecule has 0 aromatic carbocycles. The summed E-state index contributed by atoms with van der Waals surface area (Å²) in [6, 6.07) is 0. The molecule has 0 saturated heterocycles. The Hall–Kier alpha value is -1.93. The number of nitrogens with two attached hydrogens (primary N) is 1. The minimum atomic E-state index is -5.03. The van der Waals surface area contributed by atoms with Crippen LogP contribution in [0.3, 0.4) is 0 Å². The van der Waals surface area contributed by atoms with Crippen molar-refractivity contribution >= 4 is 11.7 Å². The summed E-state index contributed by atoms with van der Waals surface area (Å²) in [5.74, 6) is -2.04. The van der Waals surface area contributed by atoms with Gasteiger partial charge in [-0.2, -0.15) is 13.2 Å². The average molecular weight is 256 g/mol. The molecule has 0 aliphatic rings. The molecule has 0 spiro atoms.